The van der Waals surface area contributed by atoms with Crippen LogP contribution in [0.5, 0.6) is 0 Å². The van der Waals surface area contributed by atoms with E-state index in [1.807, 2.05) is 36.4 Å². The molecular formula is C20H15NO3S2. The quantitative estimate of drug-likeness (QED) is 0.619. The maximum atomic E-state index is 12.7. The van der Waals surface area contributed by atoms with E-state index in [9.17, 15) is 14.7 Å². The molecule has 1 N–H and O–H groups in total. The molecule has 0 radical (unpaired) electrons. The molecular weight excluding hydrogens is 366 g/mol. The van der Waals surface area contributed by atoms with Gasteiger partial charge in [0.1, 0.15) is 4.32 Å². The number of carbonyl (C=O) groups is 2. The fraction of sp³-hybridized carbons (Fsp3) is 0.0500. The summed E-state index contributed by atoms with van der Waals surface area (Å²) in [6.45, 7) is 0. The predicted molar refractivity (Wildman–Crippen MR) is 107 cm³/mol. The van der Waals surface area contributed by atoms with E-state index in [1.54, 1.807) is 42.5 Å². The second kappa shape index (κ2) is 8.12. The summed E-state index contributed by atoms with van der Waals surface area (Å²) in [5.41, 5.74) is 1.52. The molecule has 0 aliphatic carbocycles. The summed E-state index contributed by atoms with van der Waals surface area (Å²) >= 11 is 6.39. The van der Waals surface area contributed by atoms with Crippen molar-refractivity contribution in [3.05, 3.63) is 88.8 Å². The molecule has 1 amide bonds. The number of carboxylic acids is 1. The van der Waals surface area contributed by atoms with E-state index in [1.165, 1.54) is 4.90 Å². The van der Waals surface area contributed by atoms with E-state index in [0.29, 0.717) is 10.5 Å². The van der Waals surface area contributed by atoms with E-state index in [2.05, 4.69) is 0 Å². The molecule has 3 rings (SSSR count). The Bertz CT molecular complexity index is 892. The number of carbonyl (C=O) groups excluding carboxylic acids is 1. The average molecular weight is 381 g/mol. The normalized spacial score (nSPS) is 17.2. The molecule has 1 atom stereocenters. The molecule has 1 aliphatic heterocycles. The highest BCUT2D eigenvalue weighted by Crippen LogP contribution is 2.37. The topological polar surface area (TPSA) is 57.6 Å². The molecule has 6 heteroatoms. The van der Waals surface area contributed by atoms with E-state index < -0.39 is 17.9 Å². The average Bonchev–Trinajstić information content (AvgIpc) is 2.91. The molecule has 0 aromatic heterocycles. The lowest BCUT2D eigenvalue weighted by molar-refractivity contribution is -0.145. The lowest BCUT2D eigenvalue weighted by Crippen LogP contribution is -2.37. The summed E-state index contributed by atoms with van der Waals surface area (Å²) in [4.78, 5) is 26.1. The first kappa shape index (κ1) is 18.1. The zero-order chi connectivity index (χ0) is 18.5. The molecule has 4 nitrogen and oxygen atoms in total. The van der Waals surface area contributed by atoms with Gasteiger partial charge in [0, 0.05) is 0 Å². The highest BCUT2D eigenvalue weighted by molar-refractivity contribution is 8.26. The first-order valence-corrected chi connectivity index (χ1v) is 9.07. The number of rotatable bonds is 5. The zero-order valence-corrected chi connectivity index (χ0v) is 15.2. The summed E-state index contributed by atoms with van der Waals surface area (Å²) in [6.07, 6.45) is 5.30. The molecule has 130 valence electrons. The third kappa shape index (κ3) is 3.92. The standard InChI is InChI=1S/C20H15NO3S2/c22-18-16(13-7-10-14-8-3-1-4-9-14)26-20(25)21(18)17(19(23)24)15-11-5-2-6-12-15/h1-13,17H,(H,23,24)/b10-7+,16-13+/t17-/m0/s1. The number of aliphatic carboxylic acids is 1. The largest absolute Gasteiger partial charge is 0.479 e. The fourth-order valence-electron chi connectivity index (χ4n) is 2.56. The van der Waals surface area contributed by atoms with E-state index in [4.69, 9.17) is 12.2 Å². The number of amides is 1. The third-order valence-corrected chi connectivity index (χ3v) is 5.12. The van der Waals surface area contributed by atoms with Gasteiger partial charge in [-0.25, -0.2) is 4.79 Å². The van der Waals surface area contributed by atoms with Crippen LogP contribution in [-0.2, 0) is 9.59 Å². The molecule has 0 bridgehead atoms. The van der Waals surface area contributed by atoms with Crippen LogP contribution in [0.1, 0.15) is 17.2 Å². The molecule has 0 unspecified atom stereocenters. The van der Waals surface area contributed by atoms with Crippen molar-refractivity contribution in [3.63, 3.8) is 0 Å². The second-order valence-corrected chi connectivity index (χ2v) is 7.17. The van der Waals surface area contributed by atoms with Crippen molar-refractivity contribution in [2.24, 2.45) is 0 Å². The summed E-state index contributed by atoms with van der Waals surface area (Å²) in [7, 11) is 0. The lowest BCUT2D eigenvalue weighted by Gasteiger charge is -2.23. The number of thioether (sulfide) groups is 1. The number of thiocarbonyl (C=S) groups is 1. The predicted octanol–water partition coefficient (Wildman–Crippen LogP) is 4.27. The van der Waals surface area contributed by atoms with Crippen LogP contribution >= 0.6 is 24.0 Å². The molecule has 2 aromatic carbocycles. The van der Waals surface area contributed by atoms with Crippen molar-refractivity contribution in [1.82, 2.24) is 4.90 Å². The number of hydrogen-bond acceptors (Lipinski definition) is 4. The lowest BCUT2D eigenvalue weighted by atomic mass is 10.1. The number of allylic oxidation sites excluding steroid dienone is 2. The van der Waals surface area contributed by atoms with Crippen molar-refractivity contribution in [1.29, 1.82) is 0 Å². The first-order chi connectivity index (χ1) is 12.6. The van der Waals surface area contributed by atoms with Gasteiger partial charge in [-0.15, -0.1) is 0 Å². The maximum absolute atomic E-state index is 12.7. The maximum Gasteiger partial charge on any atom is 0.331 e. The van der Waals surface area contributed by atoms with Crippen molar-refractivity contribution in [2.45, 2.75) is 6.04 Å². The minimum atomic E-state index is -1.13. The van der Waals surface area contributed by atoms with Crippen LogP contribution in [0.4, 0.5) is 0 Å². The zero-order valence-electron chi connectivity index (χ0n) is 13.6. The van der Waals surface area contributed by atoms with Gasteiger partial charge >= 0.3 is 5.97 Å². The summed E-state index contributed by atoms with van der Waals surface area (Å²) in [5.74, 6) is -1.51. The van der Waals surface area contributed by atoms with E-state index >= 15 is 0 Å². The Morgan fingerprint density at radius 3 is 2.31 bits per heavy atom. The van der Waals surface area contributed by atoms with Crippen molar-refractivity contribution >= 4 is 46.3 Å². The summed E-state index contributed by atoms with van der Waals surface area (Å²) in [5, 5.41) is 9.64. The SMILES string of the molecule is O=C(O)[C@H](c1ccccc1)N1C(=O)/C(=C\C=C\c2ccccc2)SC1=S. The van der Waals surface area contributed by atoms with Crippen LogP contribution in [0.2, 0.25) is 0 Å². The van der Waals surface area contributed by atoms with Crippen LogP contribution in [0.25, 0.3) is 6.08 Å². The van der Waals surface area contributed by atoms with E-state index in [-0.39, 0.29) is 4.32 Å². The highest BCUT2D eigenvalue weighted by atomic mass is 32.2. The number of hydrogen-bond donors (Lipinski definition) is 1. The Hall–Kier alpha value is -2.70. The third-order valence-electron chi connectivity index (χ3n) is 3.77. The highest BCUT2D eigenvalue weighted by Gasteiger charge is 2.41. The first-order valence-electron chi connectivity index (χ1n) is 7.84. The van der Waals surface area contributed by atoms with Gasteiger partial charge in [0.2, 0.25) is 0 Å². The van der Waals surface area contributed by atoms with Crippen molar-refractivity contribution in [3.8, 4) is 0 Å². The van der Waals surface area contributed by atoms with Gasteiger partial charge in [-0.3, -0.25) is 9.69 Å². The van der Waals surface area contributed by atoms with Crippen LogP contribution in [0.3, 0.4) is 0 Å². The van der Waals surface area contributed by atoms with Crippen LogP contribution in [0, 0.1) is 0 Å². The number of nitrogens with zero attached hydrogens (tertiary/aromatic N) is 1. The Morgan fingerprint density at radius 2 is 1.69 bits per heavy atom. The minimum Gasteiger partial charge on any atom is -0.479 e. The Morgan fingerprint density at radius 1 is 1.08 bits per heavy atom. The molecule has 1 heterocycles. The minimum absolute atomic E-state index is 0.241. The van der Waals surface area contributed by atoms with Crippen LogP contribution < -0.4 is 0 Å². The van der Waals surface area contributed by atoms with Gasteiger partial charge in [-0.05, 0) is 17.2 Å². The van der Waals surface area contributed by atoms with Crippen LogP contribution in [0.15, 0.2) is 77.7 Å². The van der Waals surface area contributed by atoms with E-state index in [0.717, 1.165) is 17.3 Å². The van der Waals surface area contributed by atoms with Gasteiger partial charge in [0.05, 0.1) is 4.91 Å². The molecule has 0 spiro atoms. The molecule has 1 aliphatic rings. The monoisotopic (exact) mass is 381 g/mol. The Balaban J connectivity index is 1.85. The second-order valence-electron chi connectivity index (χ2n) is 5.50. The summed E-state index contributed by atoms with van der Waals surface area (Å²) in [6, 6.07) is 17.2. The summed E-state index contributed by atoms with van der Waals surface area (Å²) < 4.78 is 0.241. The Labute approximate surface area is 160 Å². The van der Waals surface area contributed by atoms with Gasteiger partial charge in [0.15, 0.2) is 6.04 Å². The van der Waals surface area contributed by atoms with Crippen LogP contribution in [-0.4, -0.2) is 26.2 Å². The molecule has 26 heavy (non-hydrogen) atoms. The number of benzene rings is 2. The van der Waals surface area contributed by atoms with Gasteiger partial charge in [-0.2, -0.15) is 0 Å². The smallest absolute Gasteiger partial charge is 0.331 e. The number of carboxylic acid groups (broad SMARTS) is 1. The van der Waals surface area contributed by atoms with Gasteiger partial charge in [0.25, 0.3) is 5.91 Å². The molecule has 1 saturated heterocycles. The fourth-order valence-corrected chi connectivity index (χ4v) is 3.83. The molecule has 1 fully saturated rings. The Kier molecular flexibility index (Phi) is 5.65. The molecule has 2 aromatic rings. The molecule has 0 saturated carbocycles. The van der Waals surface area contributed by atoms with Gasteiger partial charge in [-0.1, -0.05) is 96.8 Å². The van der Waals surface area contributed by atoms with Crippen molar-refractivity contribution in [2.75, 3.05) is 0 Å². The van der Waals surface area contributed by atoms with Crippen molar-refractivity contribution < 1.29 is 14.7 Å². The van der Waals surface area contributed by atoms with Gasteiger partial charge < -0.3 is 5.11 Å².